The summed E-state index contributed by atoms with van der Waals surface area (Å²) in [5.74, 6) is 2.93. The fraction of sp³-hybridized carbons (Fsp3) is 0.143. The lowest BCUT2D eigenvalue weighted by atomic mass is 9.74. The first-order valence-corrected chi connectivity index (χ1v) is 7.41. The Morgan fingerprint density at radius 3 is 1.48 bits per heavy atom. The average molecular weight is 332 g/mol. The Kier molecular flexibility index (Phi) is 4.68. The van der Waals surface area contributed by atoms with E-state index in [1.165, 1.54) is 24.3 Å². The van der Waals surface area contributed by atoms with Crippen LogP contribution in [0.4, 0.5) is 0 Å². The lowest BCUT2D eigenvalue weighted by Crippen LogP contribution is -2.22. The van der Waals surface area contributed by atoms with E-state index >= 15 is 0 Å². The molecule has 0 atom stereocenters. The van der Waals surface area contributed by atoms with Crippen LogP contribution < -0.4 is 0 Å². The van der Waals surface area contributed by atoms with Crippen molar-refractivity contribution in [1.29, 1.82) is 0 Å². The van der Waals surface area contributed by atoms with Gasteiger partial charge in [0, 0.05) is 16.5 Å². The predicted molar refractivity (Wildman–Crippen MR) is 94.8 cm³/mol. The van der Waals surface area contributed by atoms with Gasteiger partial charge in [-0.15, -0.1) is 12.8 Å². The Balaban J connectivity index is 2.68. The second-order valence-corrected chi connectivity index (χ2v) is 6.04. The molecule has 0 spiro atoms. The van der Waals surface area contributed by atoms with Gasteiger partial charge in [-0.25, -0.2) is 9.59 Å². The van der Waals surface area contributed by atoms with Crippen LogP contribution in [0.5, 0.6) is 0 Å². The average Bonchev–Trinajstić information content (AvgIpc) is 2.60. The molecule has 4 nitrogen and oxygen atoms in total. The van der Waals surface area contributed by atoms with Gasteiger partial charge < -0.3 is 10.2 Å². The summed E-state index contributed by atoms with van der Waals surface area (Å²) in [6.07, 6.45) is 11.1. The maximum atomic E-state index is 11.2. The van der Waals surface area contributed by atoms with Crippen LogP contribution in [0.3, 0.4) is 0 Å². The molecular weight excluding hydrogens is 316 g/mol. The van der Waals surface area contributed by atoms with Crippen molar-refractivity contribution in [1.82, 2.24) is 0 Å². The summed E-state index contributed by atoms with van der Waals surface area (Å²) in [4.78, 5) is 22.3. The molecule has 0 saturated heterocycles. The third-order valence-electron chi connectivity index (χ3n) is 4.19. The number of rotatable bonds is 4. The third kappa shape index (κ3) is 3.24. The molecule has 2 N–H and O–H groups in total. The number of aromatic carboxylic acids is 2. The van der Waals surface area contributed by atoms with Gasteiger partial charge in [-0.3, -0.25) is 0 Å². The van der Waals surface area contributed by atoms with Crippen molar-refractivity contribution in [2.75, 3.05) is 0 Å². The first kappa shape index (κ1) is 17.8. The number of hydrogen-bond donors (Lipinski definition) is 2. The van der Waals surface area contributed by atoms with E-state index in [-0.39, 0.29) is 11.1 Å². The van der Waals surface area contributed by atoms with Gasteiger partial charge in [-0.1, -0.05) is 37.8 Å². The van der Waals surface area contributed by atoms with Crippen LogP contribution in [-0.2, 0) is 5.41 Å². The Bertz CT molecular complexity index is 875. The summed E-state index contributed by atoms with van der Waals surface area (Å²) in [6.45, 7) is 3.81. The Morgan fingerprint density at radius 2 is 1.20 bits per heavy atom. The van der Waals surface area contributed by atoms with Crippen LogP contribution in [0.25, 0.3) is 0 Å². The molecule has 0 fully saturated rings. The molecule has 2 aromatic carbocycles. The van der Waals surface area contributed by atoms with Crippen molar-refractivity contribution in [2.45, 2.75) is 19.3 Å². The number of hydrogen-bond acceptors (Lipinski definition) is 2. The highest BCUT2D eigenvalue weighted by Crippen LogP contribution is 2.36. The van der Waals surface area contributed by atoms with Crippen LogP contribution in [0.15, 0.2) is 36.4 Å². The highest BCUT2D eigenvalue weighted by atomic mass is 16.4. The summed E-state index contributed by atoms with van der Waals surface area (Å²) in [7, 11) is 0. The van der Waals surface area contributed by atoms with Gasteiger partial charge in [0.25, 0.3) is 0 Å². The summed E-state index contributed by atoms with van der Waals surface area (Å²) < 4.78 is 0. The van der Waals surface area contributed by atoms with Crippen molar-refractivity contribution in [3.05, 3.63) is 69.8 Å². The van der Waals surface area contributed by atoms with E-state index in [1.807, 2.05) is 13.8 Å². The van der Waals surface area contributed by atoms with Crippen LogP contribution in [-0.4, -0.2) is 22.2 Å². The van der Waals surface area contributed by atoms with Crippen molar-refractivity contribution in [2.24, 2.45) is 0 Å². The summed E-state index contributed by atoms with van der Waals surface area (Å²) in [6, 6.07) is 9.21. The van der Waals surface area contributed by atoms with E-state index in [1.54, 1.807) is 12.1 Å². The first-order chi connectivity index (χ1) is 11.7. The van der Waals surface area contributed by atoms with Crippen LogP contribution in [0.2, 0.25) is 0 Å². The van der Waals surface area contributed by atoms with Crippen molar-refractivity contribution < 1.29 is 19.8 Å². The van der Waals surface area contributed by atoms with Gasteiger partial charge in [-0.2, -0.15) is 0 Å². The zero-order valence-corrected chi connectivity index (χ0v) is 13.8. The zero-order valence-electron chi connectivity index (χ0n) is 13.8. The Hall–Kier alpha value is -3.50. The monoisotopic (exact) mass is 332 g/mol. The molecule has 2 rings (SSSR count). The number of carbonyl (C=O) groups is 2. The molecule has 0 aliphatic carbocycles. The fourth-order valence-electron chi connectivity index (χ4n) is 2.83. The van der Waals surface area contributed by atoms with E-state index in [2.05, 4.69) is 11.8 Å². The summed E-state index contributed by atoms with van der Waals surface area (Å²) >= 11 is 0. The van der Waals surface area contributed by atoms with Gasteiger partial charge in [0.15, 0.2) is 0 Å². The minimum atomic E-state index is -1.06. The second kappa shape index (κ2) is 6.55. The summed E-state index contributed by atoms with van der Waals surface area (Å²) in [5.41, 5.74) is 1.94. The summed E-state index contributed by atoms with van der Waals surface area (Å²) in [5, 5.41) is 18.3. The minimum Gasteiger partial charge on any atom is -0.478 e. The second-order valence-electron chi connectivity index (χ2n) is 6.04. The van der Waals surface area contributed by atoms with Crippen molar-refractivity contribution in [3.63, 3.8) is 0 Å². The standard InChI is InChI=1S/C21H16O4/c1-5-13-11-15(19(22)23)7-9-17(13)21(3,4)18-10-8-16(20(24)25)12-14(18)6-2/h1-2,7-12H,3-4H3,(H,22,23)(H,24,25). The molecule has 0 aromatic heterocycles. The predicted octanol–water partition coefficient (Wildman–Crippen LogP) is 3.37. The molecule has 25 heavy (non-hydrogen) atoms. The normalized spacial score (nSPS) is 10.6. The van der Waals surface area contributed by atoms with Crippen LogP contribution in [0, 0.1) is 24.7 Å². The topological polar surface area (TPSA) is 74.6 Å². The molecule has 0 aliphatic rings. The highest BCUT2D eigenvalue weighted by Gasteiger charge is 2.28. The highest BCUT2D eigenvalue weighted by molar-refractivity contribution is 5.89. The molecule has 0 saturated carbocycles. The van der Waals surface area contributed by atoms with E-state index < -0.39 is 17.4 Å². The van der Waals surface area contributed by atoms with E-state index in [0.29, 0.717) is 11.1 Å². The third-order valence-corrected chi connectivity index (χ3v) is 4.19. The van der Waals surface area contributed by atoms with Gasteiger partial charge >= 0.3 is 11.9 Å². The van der Waals surface area contributed by atoms with Crippen molar-refractivity contribution in [3.8, 4) is 24.7 Å². The molecule has 124 valence electrons. The quantitative estimate of drug-likeness (QED) is 0.842. The molecule has 0 aliphatic heterocycles. The largest absolute Gasteiger partial charge is 0.478 e. The fourth-order valence-corrected chi connectivity index (χ4v) is 2.83. The molecule has 0 amide bonds. The zero-order chi connectivity index (χ0) is 18.8. The Morgan fingerprint density at radius 1 is 0.840 bits per heavy atom. The number of benzene rings is 2. The van der Waals surface area contributed by atoms with Crippen LogP contribution >= 0.6 is 0 Å². The van der Waals surface area contributed by atoms with E-state index in [0.717, 1.165) is 11.1 Å². The van der Waals surface area contributed by atoms with Gasteiger partial charge in [0.1, 0.15) is 0 Å². The molecular formula is C21H16O4. The number of terminal acetylenes is 2. The van der Waals surface area contributed by atoms with E-state index in [4.69, 9.17) is 23.1 Å². The van der Waals surface area contributed by atoms with E-state index in [9.17, 15) is 9.59 Å². The van der Waals surface area contributed by atoms with Gasteiger partial charge in [0.2, 0.25) is 0 Å². The van der Waals surface area contributed by atoms with Crippen LogP contribution in [0.1, 0.15) is 56.8 Å². The molecule has 0 bridgehead atoms. The molecule has 0 heterocycles. The SMILES string of the molecule is C#Cc1cc(C(=O)O)ccc1C(C)(C)c1ccc(C(=O)O)cc1C#C. The van der Waals surface area contributed by atoms with Crippen molar-refractivity contribution >= 4 is 11.9 Å². The Labute approximate surface area is 146 Å². The molecule has 0 unspecified atom stereocenters. The number of carboxylic acids is 2. The minimum absolute atomic E-state index is 0.103. The first-order valence-electron chi connectivity index (χ1n) is 7.41. The smallest absolute Gasteiger partial charge is 0.335 e. The lowest BCUT2D eigenvalue weighted by Gasteiger charge is -2.29. The maximum absolute atomic E-state index is 11.2. The molecule has 4 heteroatoms. The molecule has 0 radical (unpaired) electrons. The number of carboxylic acid groups (broad SMARTS) is 2. The molecule has 2 aromatic rings. The lowest BCUT2D eigenvalue weighted by molar-refractivity contribution is 0.0686. The van der Waals surface area contributed by atoms with Gasteiger partial charge in [-0.05, 0) is 35.4 Å². The van der Waals surface area contributed by atoms with Gasteiger partial charge in [0.05, 0.1) is 11.1 Å². The maximum Gasteiger partial charge on any atom is 0.335 e.